The fraction of sp³-hybridized carbons (Fsp3) is 0.333. The van der Waals surface area contributed by atoms with Crippen molar-refractivity contribution >= 4 is 11.3 Å². The fourth-order valence-corrected chi connectivity index (χ4v) is 3.57. The summed E-state index contributed by atoms with van der Waals surface area (Å²) in [6.07, 6.45) is 6.71. The second-order valence-electron chi connectivity index (χ2n) is 7.18. The predicted molar refractivity (Wildman–Crippen MR) is 118 cm³/mol. The van der Waals surface area contributed by atoms with E-state index in [1.54, 1.807) is 0 Å². The van der Waals surface area contributed by atoms with Crippen molar-refractivity contribution in [3.05, 3.63) is 82.7 Å². The molecule has 3 nitrogen and oxygen atoms in total. The molecule has 27 heavy (non-hydrogen) atoms. The molecule has 2 aromatic carbocycles. The van der Waals surface area contributed by atoms with E-state index in [-0.39, 0.29) is 5.82 Å². The summed E-state index contributed by atoms with van der Waals surface area (Å²) in [7, 11) is 0. The van der Waals surface area contributed by atoms with Crippen molar-refractivity contribution in [2.24, 2.45) is 17.2 Å². The zero-order valence-electron chi connectivity index (χ0n) is 16.8. The molecule has 0 saturated heterocycles. The molecule has 0 amide bonds. The van der Waals surface area contributed by atoms with E-state index in [9.17, 15) is 0 Å². The third-order valence-electron chi connectivity index (χ3n) is 5.03. The number of allylic oxidation sites excluding steroid dienone is 2. The van der Waals surface area contributed by atoms with Gasteiger partial charge in [-0.05, 0) is 48.4 Å². The molecule has 0 saturated carbocycles. The second kappa shape index (κ2) is 9.86. The summed E-state index contributed by atoms with van der Waals surface area (Å²) in [6.45, 7) is 6.53. The van der Waals surface area contributed by atoms with Crippen molar-refractivity contribution in [1.29, 1.82) is 0 Å². The Balaban J connectivity index is 2.34. The summed E-state index contributed by atoms with van der Waals surface area (Å²) >= 11 is 0. The SMILES string of the molecule is CCCC(CCC)c1ccc(C(/C=C(\N)c2ccccc2C)=C(N)N)cc1. The first-order chi connectivity index (χ1) is 13.0. The molecule has 0 radical (unpaired) electrons. The van der Waals surface area contributed by atoms with E-state index in [1.165, 1.54) is 31.2 Å². The van der Waals surface area contributed by atoms with Crippen LogP contribution >= 0.6 is 0 Å². The molecular weight excluding hydrogens is 330 g/mol. The number of benzene rings is 2. The Morgan fingerprint density at radius 1 is 0.889 bits per heavy atom. The summed E-state index contributed by atoms with van der Waals surface area (Å²) in [6, 6.07) is 16.6. The monoisotopic (exact) mass is 363 g/mol. The van der Waals surface area contributed by atoms with E-state index in [0.29, 0.717) is 11.6 Å². The van der Waals surface area contributed by atoms with Gasteiger partial charge in [0.05, 0.1) is 0 Å². The first-order valence-corrected chi connectivity index (χ1v) is 9.86. The number of aryl methyl sites for hydroxylation is 1. The molecule has 0 aliphatic heterocycles. The van der Waals surface area contributed by atoms with Crippen LogP contribution in [0.3, 0.4) is 0 Å². The van der Waals surface area contributed by atoms with Crippen LogP contribution in [-0.4, -0.2) is 0 Å². The third kappa shape index (κ3) is 5.40. The molecule has 0 aliphatic carbocycles. The second-order valence-corrected chi connectivity index (χ2v) is 7.18. The van der Waals surface area contributed by atoms with Gasteiger partial charge >= 0.3 is 0 Å². The van der Waals surface area contributed by atoms with Gasteiger partial charge in [0, 0.05) is 16.8 Å². The van der Waals surface area contributed by atoms with Gasteiger partial charge < -0.3 is 17.2 Å². The van der Waals surface area contributed by atoms with E-state index in [0.717, 1.165) is 22.3 Å². The van der Waals surface area contributed by atoms with Gasteiger partial charge in [0.2, 0.25) is 0 Å². The van der Waals surface area contributed by atoms with E-state index in [4.69, 9.17) is 17.2 Å². The lowest BCUT2D eigenvalue weighted by atomic mass is 9.89. The number of nitrogens with two attached hydrogens (primary N) is 3. The highest BCUT2D eigenvalue weighted by molar-refractivity contribution is 5.84. The van der Waals surface area contributed by atoms with Crippen LogP contribution in [-0.2, 0) is 0 Å². The first kappa shape index (κ1) is 20.6. The Bertz CT molecular complexity index is 791. The van der Waals surface area contributed by atoms with Gasteiger partial charge in [-0.2, -0.15) is 0 Å². The molecule has 0 heterocycles. The topological polar surface area (TPSA) is 78.1 Å². The molecule has 0 spiro atoms. The molecule has 0 unspecified atom stereocenters. The lowest BCUT2D eigenvalue weighted by Gasteiger charge is -2.17. The maximum Gasteiger partial charge on any atom is 0.101 e. The molecule has 0 fully saturated rings. The molecule has 6 N–H and O–H groups in total. The van der Waals surface area contributed by atoms with Gasteiger partial charge in [0.25, 0.3) is 0 Å². The van der Waals surface area contributed by atoms with Gasteiger partial charge in [0.1, 0.15) is 5.82 Å². The quantitative estimate of drug-likeness (QED) is 0.559. The molecule has 0 aliphatic rings. The molecule has 3 heteroatoms. The van der Waals surface area contributed by atoms with Gasteiger partial charge in [0.15, 0.2) is 0 Å². The Labute approximate surface area is 164 Å². The van der Waals surface area contributed by atoms with Crippen LogP contribution in [0.4, 0.5) is 0 Å². The van der Waals surface area contributed by atoms with Crippen LogP contribution in [0, 0.1) is 6.92 Å². The van der Waals surface area contributed by atoms with E-state index >= 15 is 0 Å². The minimum absolute atomic E-state index is 0.276. The van der Waals surface area contributed by atoms with Crippen LogP contribution in [0.1, 0.15) is 67.7 Å². The normalized spacial score (nSPS) is 11.6. The van der Waals surface area contributed by atoms with Crippen LogP contribution in [0.5, 0.6) is 0 Å². The van der Waals surface area contributed by atoms with Crippen molar-refractivity contribution in [3.63, 3.8) is 0 Å². The fourth-order valence-electron chi connectivity index (χ4n) is 3.57. The molecule has 2 aromatic rings. The van der Waals surface area contributed by atoms with E-state index in [1.807, 2.05) is 37.3 Å². The van der Waals surface area contributed by atoms with Gasteiger partial charge in [-0.25, -0.2) is 0 Å². The molecule has 0 bridgehead atoms. The van der Waals surface area contributed by atoms with Crippen LogP contribution in [0.25, 0.3) is 11.3 Å². The predicted octanol–water partition coefficient (Wildman–Crippen LogP) is 5.26. The summed E-state index contributed by atoms with van der Waals surface area (Å²) in [5.74, 6) is 0.891. The van der Waals surface area contributed by atoms with Crippen LogP contribution in [0.15, 0.2) is 60.4 Å². The maximum absolute atomic E-state index is 6.34. The van der Waals surface area contributed by atoms with Crippen molar-refractivity contribution in [2.75, 3.05) is 0 Å². The zero-order chi connectivity index (χ0) is 19.8. The molecule has 0 aromatic heterocycles. The van der Waals surface area contributed by atoms with Crippen molar-refractivity contribution in [2.45, 2.75) is 52.4 Å². The van der Waals surface area contributed by atoms with E-state index < -0.39 is 0 Å². The highest BCUT2D eigenvalue weighted by atomic mass is 14.8. The van der Waals surface area contributed by atoms with Crippen LogP contribution in [0.2, 0.25) is 0 Å². The van der Waals surface area contributed by atoms with Crippen molar-refractivity contribution in [3.8, 4) is 0 Å². The standard InChI is InChI=1S/C24H33N3/c1-4-8-18(9-5-2)19-12-14-20(15-13-19)22(24(26)27)16-23(25)21-11-7-6-10-17(21)3/h6-7,10-16,18H,4-5,8-9,25-27H2,1-3H3/b23-16-. The van der Waals surface area contributed by atoms with Gasteiger partial charge in [-0.15, -0.1) is 0 Å². The Morgan fingerprint density at radius 2 is 1.48 bits per heavy atom. The number of hydrogen-bond donors (Lipinski definition) is 3. The largest absolute Gasteiger partial charge is 0.398 e. The molecule has 2 rings (SSSR count). The Kier molecular flexibility index (Phi) is 7.54. The summed E-state index contributed by atoms with van der Waals surface area (Å²) in [4.78, 5) is 0. The van der Waals surface area contributed by atoms with Crippen molar-refractivity contribution in [1.82, 2.24) is 0 Å². The van der Waals surface area contributed by atoms with Gasteiger partial charge in [-0.1, -0.05) is 75.2 Å². The third-order valence-corrected chi connectivity index (χ3v) is 5.03. The minimum Gasteiger partial charge on any atom is -0.398 e. The Morgan fingerprint density at radius 3 is 2.00 bits per heavy atom. The van der Waals surface area contributed by atoms with Gasteiger partial charge in [-0.3, -0.25) is 0 Å². The summed E-state index contributed by atoms with van der Waals surface area (Å²) in [5, 5.41) is 0. The molecule has 0 atom stereocenters. The zero-order valence-corrected chi connectivity index (χ0v) is 16.8. The average molecular weight is 364 g/mol. The van der Waals surface area contributed by atoms with Crippen molar-refractivity contribution < 1.29 is 0 Å². The number of rotatable bonds is 8. The lowest BCUT2D eigenvalue weighted by molar-refractivity contribution is 0.561. The average Bonchev–Trinajstić information content (AvgIpc) is 2.66. The van der Waals surface area contributed by atoms with E-state index in [2.05, 4.69) is 38.1 Å². The maximum atomic E-state index is 6.34. The smallest absolute Gasteiger partial charge is 0.101 e. The van der Waals surface area contributed by atoms with Crippen LogP contribution < -0.4 is 17.2 Å². The molecular formula is C24H33N3. The highest BCUT2D eigenvalue weighted by Crippen LogP contribution is 2.29. The first-order valence-electron chi connectivity index (χ1n) is 9.86. The number of hydrogen-bond acceptors (Lipinski definition) is 3. The highest BCUT2D eigenvalue weighted by Gasteiger charge is 2.11. The Hall–Kier alpha value is -2.68. The molecule has 144 valence electrons. The summed E-state index contributed by atoms with van der Waals surface area (Å²) in [5.41, 5.74) is 24.2. The lowest BCUT2D eigenvalue weighted by Crippen LogP contribution is -2.12. The minimum atomic E-state index is 0.276. The summed E-state index contributed by atoms with van der Waals surface area (Å²) < 4.78 is 0.